The first kappa shape index (κ1) is 8.87. The van der Waals surface area contributed by atoms with Gasteiger partial charge in [0, 0.05) is 11.4 Å². The fourth-order valence-corrected chi connectivity index (χ4v) is 1.23. The smallest absolute Gasteiger partial charge is 0.228 e. The van der Waals surface area contributed by atoms with E-state index in [-0.39, 0.29) is 18.3 Å². The van der Waals surface area contributed by atoms with E-state index in [1.165, 1.54) is 0 Å². The Morgan fingerprint density at radius 3 is 2.92 bits per heavy atom. The lowest BCUT2D eigenvalue weighted by Crippen LogP contribution is -2.03. The monoisotopic (exact) mass is 184 g/mol. The summed E-state index contributed by atoms with van der Waals surface area (Å²) in [6, 6.07) is 5.46. The summed E-state index contributed by atoms with van der Waals surface area (Å²) >= 11 is 0. The van der Waals surface area contributed by atoms with Gasteiger partial charge in [-0.25, -0.2) is 0 Å². The second-order valence-corrected chi connectivity index (χ2v) is 2.64. The summed E-state index contributed by atoms with van der Waals surface area (Å²) in [5, 5.41) is 2.72. The number of hydrogen-bond donors (Lipinski definition) is 2. The van der Waals surface area contributed by atoms with Crippen LogP contribution in [-0.2, 0) is 11.2 Å². The molecule has 0 fully saturated rings. The van der Waals surface area contributed by atoms with E-state index in [0.29, 0.717) is 12.1 Å². The molecule has 1 aliphatic heterocycles. The van der Waals surface area contributed by atoms with E-state index >= 15 is 0 Å². The van der Waals surface area contributed by atoms with E-state index in [1.807, 2.05) is 6.07 Å². The Morgan fingerprint density at radius 1 is 1.42 bits per heavy atom. The Labute approximate surface area is 76.4 Å². The molecule has 0 radical (unpaired) electrons. The number of halogens is 1. The minimum absolute atomic E-state index is 0. The van der Waals surface area contributed by atoms with Crippen LogP contribution in [0.15, 0.2) is 18.2 Å². The molecule has 0 bridgehead atoms. The molecule has 3 nitrogen and oxygen atoms in total. The molecular weight excluding hydrogens is 176 g/mol. The van der Waals surface area contributed by atoms with Crippen molar-refractivity contribution in [2.75, 3.05) is 11.1 Å². The van der Waals surface area contributed by atoms with Gasteiger partial charge in [-0.1, -0.05) is 6.07 Å². The molecular formula is C8H9ClN2O. The van der Waals surface area contributed by atoms with Crippen LogP contribution in [0, 0.1) is 0 Å². The maximum absolute atomic E-state index is 10.9. The molecule has 1 heterocycles. The summed E-state index contributed by atoms with van der Waals surface area (Å²) in [6.07, 6.45) is 0.482. The SMILES string of the molecule is Cl.Nc1ccc2c(c1)NC(=O)C2. The normalized spacial score (nSPS) is 13.2. The first-order valence-electron chi connectivity index (χ1n) is 3.44. The number of benzene rings is 1. The zero-order chi connectivity index (χ0) is 7.84. The van der Waals surface area contributed by atoms with Gasteiger partial charge in [-0.2, -0.15) is 0 Å². The van der Waals surface area contributed by atoms with Gasteiger partial charge in [-0.05, 0) is 17.7 Å². The predicted octanol–water partition coefficient (Wildman–Crippen LogP) is 1.19. The van der Waals surface area contributed by atoms with Crippen molar-refractivity contribution >= 4 is 29.7 Å². The number of amides is 1. The number of fused-ring (bicyclic) bond motifs is 1. The Kier molecular flexibility index (Phi) is 2.24. The van der Waals surface area contributed by atoms with E-state index in [4.69, 9.17) is 5.73 Å². The molecule has 0 saturated carbocycles. The highest BCUT2D eigenvalue weighted by atomic mass is 35.5. The highest BCUT2D eigenvalue weighted by Crippen LogP contribution is 2.24. The number of carbonyl (C=O) groups excluding carboxylic acids is 1. The summed E-state index contributed by atoms with van der Waals surface area (Å²) in [7, 11) is 0. The average molecular weight is 185 g/mol. The maximum Gasteiger partial charge on any atom is 0.228 e. The summed E-state index contributed by atoms with van der Waals surface area (Å²) in [5.41, 5.74) is 8.10. The molecule has 0 spiro atoms. The molecule has 1 amide bonds. The van der Waals surface area contributed by atoms with Crippen molar-refractivity contribution in [2.45, 2.75) is 6.42 Å². The van der Waals surface area contributed by atoms with Crippen LogP contribution in [0.4, 0.5) is 11.4 Å². The second-order valence-electron chi connectivity index (χ2n) is 2.64. The van der Waals surface area contributed by atoms with Crippen molar-refractivity contribution in [2.24, 2.45) is 0 Å². The molecule has 0 atom stereocenters. The third kappa shape index (κ3) is 1.36. The molecule has 2 rings (SSSR count). The van der Waals surface area contributed by atoms with Crippen molar-refractivity contribution in [1.29, 1.82) is 0 Å². The van der Waals surface area contributed by atoms with Crippen LogP contribution >= 0.6 is 12.4 Å². The molecule has 0 unspecified atom stereocenters. The van der Waals surface area contributed by atoms with Crippen LogP contribution in [0.5, 0.6) is 0 Å². The average Bonchev–Trinajstić information content (AvgIpc) is 2.27. The van der Waals surface area contributed by atoms with Crippen molar-refractivity contribution in [1.82, 2.24) is 0 Å². The van der Waals surface area contributed by atoms with Crippen molar-refractivity contribution < 1.29 is 4.79 Å². The minimum atomic E-state index is 0. The highest BCUT2D eigenvalue weighted by molar-refractivity contribution is 5.99. The Bertz CT molecular complexity index is 325. The van der Waals surface area contributed by atoms with E-state index in [2.05, 4.69) is 5.32 Å². The van der Waals surface area contributed by atoms with Crippen molar-refractivity contribution in [3.05, 3.63) is 23.8 Å². The number of hydrogen-bond acceptors (Lipinski definition) is 2. The fourth-order valence-electron chi connectivity index (χ4n) is 1.23. The number of nitrogens with two attached hydrogens (primary N) is 1. The first-order valence-corrected chi connectivity index (χ1v) is 3.44. The minimum Gasteiger partial charge on any atom is -0.399 e. The van der Waals surface area contributed by atoms with E-state index in [1.54, 1.807) is 12.1 Å². The van der Waals surface area contributed by atoms with Crippen LogP contribution in [0.25, 0.3) is 0 Å². The molecule has 1 aromatic carbocycles. The van der Waals surface area contributed by atoms with Crippen molar-refractivity contribution in [3.63, 3.8) is 0 Å². The zero-order valence-electron chi connectivity index (χ0n) is 6.33. The van der Waals surface area contributed by atoms with E-state index < -0.39 is 0 Å². The number of nitrogens with one attached hydrogen (secondary N) is 1. The van der Waals surface area contributed by atoms with Crippen LogP contribution < -0.4 is 11.1 Å². The lowest BCUT2D eigenvalue weighted by Gasteiger charge is -1.97. The number of nitrogen functional groups attached to an aromatic ring is 1. The zero-order valence-corrected chi connectivity index (χ0v) is 7.15. The summed E-state index contributed by atoms with van der Waals surface area (Å²) in [5.74, 6) is 0.0469. The first-order chi connectivity index (χ1) is 5.25. The molecule has 0 aliphatic carbocycles. The third-order valence-corrected chi connectivity index (χ3v) is 1.76. The van der Waals surface area contributed by atoms with Gasteiger partial charge >= 0.3 is 0 Å². The van der Waals surface area contributed by atoms with Gasteiger partial charge in [-0.3, -0.25) is 4.79 Å². The summed E-state index contributed by atoms with van der Waals surface area (Å²) in [6.45, 7) is 0. The lowest BCUT2D eigenvalue weighted by atomic mass is 10.1. The molecule has 1 aliphatic rings. The van der Waals surface area contributed by atoms with Gasteiger partial charge in [0.05, 0.1) is 6.42 Å². The number of rotatable bonds is 0. The fraction of sp³-hybridized carbons (Fsp3) is 0.125. The Hall–Kier alpha value is -1.22. The topological polar surface area (TPSA) is 55.1 Å². The predicted molar refractivity (Wildman–Crippen MR) is 50.4 cm³/mol. The van der Waals surface area contributed by atoms with Gasteiger partial charge in [0.25, 0.3) is 0 Å². The third-order valence-electron chi connectivity index (χ3n) is 1.76. The highest BCUT2D eigenvalue weighted by Gasteiger charge is 2.16. The number of anilines is 2. The molecule has 1 aromatic rings. The summed E-state index contributed by atoms with van der Waals surface area (Å²) in [4.78, 5) is 10.9. The Morgan fingerprint density at radius 2 is 2.17 bits per heavy atom. The lowest BCUT2D eigenvalue weighted by molar-refractivity contribution is -0.115. The van der Waals surface area contributed by atoms with Crippen LogP contribution in [0.2, 0.25) is 0 Å². The number of carbonyl (C=O) groups is 1. The molecule has 0 saturated heterocycles. The largest absolute Gasteiger partial charge is 0.399 e. The maximum atomic E-state index is 10.9. The molecule has 64 valence electrons. The summed E-state index contributed by atoms with van der Waals surface area (Å²) < 4.78 is 0. The van der Waals surface area contributed by atoms with Gasteiger partial charge in [0.15, 0.2) is 0 Å². The Balaban J connectivity index is 0.000000720. The molecule has 4 heteroatoms. The van der Waals surface area contributed by atoms with Gasteiger partial charge in [0.2, 0.25) is 5.91 Å². The standard InChI is InChI=1S/C8H8N2O.ClH/c9-6-2-1-5-3-8(11)10-7(5)4-6;/h1-2,4H,3,9H2,(H,10,11);1H. The van der Waals surface area contributed by atoms with Crippen LogP contribution in [-0.4, -0.2) is 5.91 Å². The van der Waals surface area contributed by atoms with Gasteiger partial charge in [0.1, 0.15) is 0 Å². The van der Waals surface area contributed by atoms with E-state index in [0.717, 1.165) is 11.3 Å². The second kappa shape index (κ2) is 3.03. The van der Waals surface area contributed by atoms with Crippen LogP contribution in [0.3, 0.4) is 0 Å². The van der Waals surface area contributed by atoms with Crippen LogP contribution in [0.1, 0.15) is 5.56 Å². The quantitative estimate of drug-likeness (QED) is 0.595. The van der Waals surface area contributed by atoms with Crippen molar-refractivity contribution in [3.8, 4) is 0 Å². The molecule has 3 N–H and O–H groups in total. The van der Waals surface area contributed by atoms with E-state index in [9.17, 15) is 4.79 Å². The van der Waals surface area contributed by atoms with Gasteiger partial charge in [-0.15, -0.1) is 12.4 Å². The molecule has 12 heavy (non-hydrogen) atoms. The molecule has 0 aromatic heterocycles. The van der Waals surface area contributed by atoms with Gasteiger partial charge < -0.3 is 11.1 Å².